The molecule has 1 aromatic carbocycles. The summed E-state index contributed by atoms with van der Waals surface area (Å²) in [6, 6.07) is 7.74. The van der Waals surface area contributed by atoms with Crippen LogP contribution in [0.4, 0.5) is 0 Å². The van der Waals surface area contributed by atoms with E-state index in [0.29, 0.717) is 26.3 Å². The zero-order valence-electron chi connectivity index (χ0n) is 12.3. The van der Waals surface area contributed by atoms with Gasteiger partial charge in [-0.2, -0.15) is 0 Å². The summed E-state index contributed by atoms with van der Waals surface area (Å²) in [5.41, 5.74) is 2.03. The molecule has 2 atom stereocenters. The van der Waals surface area contributed by atoms with Gasteiger partial charge in [0.05, 0.1) is 32.0 Å². The molecule has 3 N–H and O–H groups in total. The molecule has 5 nitrogen and oxygen atoms in total. The minimum absolute atomic E-state index is 0.0640. The van der Waals surface area contributed by atoms with E-state index in [9.17, 15) is 5.11 Å². The smallest absolute Gasteiger partial charge is 0.0897 e. The van der Waals surface area contributed by atoms with Gasteiger partial charge in [-0.1, -0.05) is 24.3 Å². The van der Waals surface area contributed by atoms with Gasteiger partial charge >= 0.3 is 0 Å². The summed E-state index contributed by atoms with van der Waals surface area (Å²) in [5.74, 6) is 0. The first-order chi connectivity index (χ1) is 10.3. The Balaban J connectivity index is 1.54. The number of aliphatic hydroxyl groups excluding tert-OH is 2. The summed E-state index contributed by atoms with van der Waals surface area (Å²) in [7, 11) is 0. The van der Waals surface area contributed by atoms with Crippen LogP contribution in [-0.4, -0.2) is 48.8 Å². The second-order valence-electron chi connectivity index (χ2n) is 5.43. The highest BCUT2D eigenvalue weighted by Gasteiger charge is 2.15. The van der Waals surface area contributed by atoms with Crippen molar-refractivity contribution in [1.29, 1.82) is 0 Å². The summed E-state index contributed by atoms with van der Waals surface area (Å²) < 4.78 is 10.9. The Kier molecular flexibility index (Phi) is 7.12. The zero-order chi connectivity index (χ0) is 14.9. The Morgan fingerprint density at radius 3 is 2.71 bits per heavy atom. The maximum Gasteiger partial charge on any atom is 0.0897 e. The van der Waals surface area contributed by atoms with Gasteiger partial charge in [0.2, 0.25) is 0 Å². The van der Waals surface area contributed by atoms with E-state index in [4.69, 9.17) is 14.6 Å². The van der Waals surface area contributed by atoms with E-state index in [-0.39, 0.29) is 12.7 Å². The predicted molar refractivity (Wildman–Crippen MR) is 79.9 cm³/mol. The Morgan fingerprint density at radius 1 is 1.29 bits per heavy atom. The summed E-state index contributed by atoms with van der Waals surface area (Å²) >= 11 is 0. The number of nitrogens with one attached hydrogen (secondary N) is 1. The molecule has 1 heterocycles. The number of benzene rings is 1. The van der Waals surface area contributed by atoms with Crippen molar-refractivity contribution in [2.45, 2.75) is 38.2 Å². The highest BCUT2D eigenvalue weighted by Crippen LogP contribution is 2.11. The average molecular weight is 295 g/mol. The first-order valence-corrected chi connectivity index (χ1v) is 7.54. The molecule has 0 bridgehead atoms. The van der Waals surface area contributed by atoms with Gasteiger partial charge in [0.1, 0.15) is 0 Å². The summed E-state index contributed by atoms with van der Waals surface area (Å²) in [6.07, 6.45) is 1.85. The van der Waals surface area contributed by atoms with Crippen molar-refractivity contribution in [3.8, 4) is 0 Å². The van der Waals surface area contributed by atoms with Gasteiger partial charge in [0, 0.05) is 19.7 Å². The second kappa shape index (κ2) is 9.12. The Bertz CT molecular complexity index is 390. The quantitative estimate of drug-likeness (QED) is 0.629. The van der Waals surface area contributed by atoms with Crippen molar-refractivity contribution < 1.29 is 19.7 Å². The van der Waals surface area contributed by atoms with Crippen LogP contribution >= 0.6 is 0 Å². The van der Waals surface area contributed by atoms with Crippen LogP contribution in [0.25, 0.3) is 0 Å². The molecule has 0 saturated carbocycles. The fraction of sp³-hybridized carbons (Fsp3) is 0.625. The summed E-state index contributed by atoms with van der Waals surface area (Å²) in [4.78, 5) is 0. The molecule has 21 heavy (non-hydrogen) atoms. The standard InChI is InChI=1S/C16H25NO4/c18-10-14-5-3-13(4-6-14)8-17-9-15(19)11-20-12-16-2-1-7-21-16/h3-6,15-19H,1-2,7-12H2. The lowest BCUT2D eigenvalue weighted by Gasteiger charge is -2.14. The molecule has 2 unspecified atom stereocenters. The maximum atomic E-state index is 9.82. The van der Waals surface area contributed by atoms with E-state index in [1.807, 2.05) is 24.3 Å². The first kappa shape index (κ1) is 16.4. The minimum Gasteiger partial charge on any atom is -0.392 e. The van der Waals surface area contributed by atoms with E-state index >= 15 is 0 Å². The molecule has 0 amide bonds. The van der Waals surface area contributed by atoms with Gasteiger partial charge in [-0.05, 0) is 24.0 Å². The van der Waals surface area contributed by atoms with Crippen molar-refractivity contribution in [3.05, 3.63) is 35.4 Å². The predicted octanol–water partition coefficient (Wildman–Crippen LogP) is 0.825. The molecule has 0 radical (unpaired) electrons. The van der Waals surface area contributed by atoms with E-state index in [0.717, 1.165) is 30.6 Å². The van der Waals surface area contributed by atoms with Crippen molar-refractivity contribution in [2.75, 3.05) is 26.4 Å². The number of rotatable bonds is 9. The van der Waals surface area contributed by atoms with E-state index in [2.05, 4.69) is 5.32 Å². The van der Waals surface area contributed by atoms with Crippen molar-refractivity contribution in [3.63, 3.8) is 0 Å². The van der Waals surface area contributed by atoms with Gasteiger partial charge in [0.15, 0.2) is 0 Å². The summed E-state index contributed by atoms with van der Waals surface area (Å²) in [5, 5.41) is 22.0. The molecule has 2 rings (SSSR count). The Labute approximate surface area is 125 Å². The fourth-order valence-electron chi connectivity index (χ4n) is 2.32. The molecule has 0 spiro atoms. The lowest BCUT2D eigenvalue weighted by atomic mass is 10.1. The van der Waals surface area contributed by atoms with Crippen molar-refractivity contribution >= 4 is 0 Å². The van der Waals surface area contributed by atoms with Crippen molar-refractivity contribution in [2.24, 2.45) is 0 Å². The topological polar surface area (TPSA) is 71.0 Å². The second-order valence-corrected chi connectivity index (χ2v) is 5.43. The number of hydrogen-bond acceptors (Lipinski definition) is 5. The summed E-state index contributed by atoms with van der Waals surface area (Å²) in [6.45, 7) is 2.97. The third-order valence-corrected chi connectivity index (χ3v) is 3.55. The molecule has 0 aromatic heterocycles. The zero-order valence-corrected chi connectivity index (χ0v) is 12.3. The number of aliphatic hydroxyl groups is 2. The number of ether oxygens (including phenoxy) is 2. The van der Waals surface area contributed by atoms with Crippen molar-refractivity contribution in [1.82, 2.24) is 5.32 Å². The van der Waals surface area contributed by atoms with Gasteiger partial charge in [-0.15, -0.1) is 0 Å². The molecule has 5 heteroatoms. The molecule has 1 aliphatic heterocycles. The van der Waals surface area contributed by atoms with Crippen LogP contribution in [0.1, 0.15) is 24.0 Å². The van der Waals surface area contributed by atoms with E-state index in [1.165, 1.54) is 0 Å². The van der Waals surface area contributed by atoms with E-state index in [1.54, 1.807) is 0 Å². The van der Waals surface area contributed by atoms with Gasteiger partial charge < -0.3 is 25.0 Å². The van der Waals surface area contributed by atoms with Gasteiger partial charge in [-0.25, -0.2) is 0 Å². The maximum absolute atomic E-state index is 9.82. The first-order valence-electron chi connectivity index (χ1n) is 7.54. The highest BCUT2D eigenvalue weighted by molar-refractivity contribution is 5.21. The minimum atomic E-state index is -0.511. The average Bonchev–Trinajstić information content (AvgIpc) is 3.01. The third kappa shape index (κ3) is 6.11. The molecule has 1 saturated heterocycles. The number of hydrogen-bond donors (Lipinski definition) is 3. The van der Waals surface area contributed by atoms with Crippen LogP contribution in [0.2, 0.25) is 0 Å². The third-order valence-electron chi connectivity index (χ3n) is 3.55. The highest BCUT2D eigenvalue weighted by atomic mass is 16.5. The molecule has 1 fully saturated rings. The fourth-order valence-corrected chi connectivity index (χ4v) is 2.32. The molecule has 1 aromatic rings. The lowest BCUT2D eigenvalue weighted by Crippen LogP contribution is -2.31. The van der Waals surface area contributed by atoms with Gasteiger partial charge in [0.25, 0.3) is 0 Å². The Hall–Kier alpha value is -0.980. The van der Waals surface area contributed by atoms with Gasteiger partial charge in [-0.3, -0.25) is 0 Å². The normalized spacial score (nSPS) is 19.8. The van der Waals surface area contributed by atoms with Crippen LogP contribution < -0.4 is 5.32 Å². The van der Waals surface area contributed by atoms with Crippen LogP contribution in [0, 0.1) is 0 Å². The van der Waals surface area contributed by atoms with Crippen LogP contribution in [-0.2, 0) is 22.6 Å². The molecular weight excluding hydrogens is 270 g/mol. The molecular formula is C16H25NO4. The molecule has 118 valence electrons. The lowest BCUT2D eigenvalue weighted by molar-refractivity contribution is -0.0164. The van der Waals surface area contributed by atoms with Crippen LogP contribution in [0.3, 0.4) is 0 Å². The monoisotopic (exact) mass is 295 g/mol. The molecule has 1 aliphatic rings. The molecule has 0 aliphatic carbocycles. The Morgan fingerprint density at radius 2 is 2.05 bits per heavy atom. The van der Waals surface area contributed by atoms with E-state index < -0.39 is 6.10 Å². The van der Waals surface area contributed by atoms with Crippen LogP contribution in [0.5, 0.6) is 0 Å². The SMILES string of the molecule is OCc1ccc(CNCC(O)COCC2CCCO2)cc1. The van der Waals surface area contributed by atoms with Crippen LogP contribution in [0.15, 0.2) is 24.3 Å². The largest absolute Gasteiger partial charge is 0.392 e.